The molecule has 0 bridgehead atoms. The lowest BCUT2D eigenvalue weighted by Gasteiger charge is -2.36. The number of hydrogen-bond acceptors (Lipinski definition) is 7. The van der Waals surface area contributed by atoms with E-state index in [0.717, 1.165) is 18.4 Å². The second kappa shape index (κ2) is 12.0. The quantitative estimate of drug-likeness (QED) is 0.270. The standard InChI is InChI=1S/C29H35NO7/c1-2-6-18(13-21-10-11-22(16-32)37-21)9-12-25(34)26-19(15-31)14-23-27(24(26)17-33)29(36)30(28(23)35)20-7-4-3-5-8-20/h3-5,7-8,10-11,13,23-25,27,31-34H,2,6,9,12,14-17H2,1H3/b18-13+/t23-,24+,25-,27-/m1/s1. The van der Waals surface area contributed by atoms with Crippen LogP contribution in [0.25, 0.3) is 6.08 Å². The highest BCUT2D eigenvalue weighted by atomic mass is 16.4. The Hall–Kier alpha value is -3.04. The van der Waals surface area contributed by atoms with Crippen molar-refractivity contribution in [1.29, 1.82) is 0 Å². The summed E-state index contributed by atoms with van der Waals surface area (Å²) in [6.45, 7) is 1.11. The van der Waals surface area contributed by atoms with Crippen molar-refractivity contribution in [3.63, 3.8) is 0 Å². The van der Waals surface area contributed by atoms with Crippen molar-refractivity contribution in [2.75, 3.05) is 18.1 Å². The Balaban J connectivity index is 1.56. The summed E-state index contributed by atoms with van der Waals surface area (Å²) in [5.41, 5.74) is 2.53. The SMILES string of the molecule is CCC/C(=C\c1ccc(CO)o1)CC[C@@H](O)C1=C(CO)C[C@H]2C(=O)N(c3ccccc3)C(=O)[C@H]2[C@H]1CO. The van der Waals surface area contributed by atoms with E-state index >= 15 is 0 Å². The molecule has 1 aromatic heterocycles. The van der Waals surface area contributed by atoms with E-state index in [1.807, 2.05) is 6.08 Å². The van der Waals surface area contributed by atoms with Crippen LogP contribution in [0.5, 0.6) is 0 Å². The number of carbonyl (C=O) groups excluding carboxylic acids is 2. The highest BCUT2D eigenvalue weighted by Gasteiger charge is 2.55. The van der Waals surface area contributed by atoms with E-state index < -0.39 is 30.5 Å². The molecule has 37 heavy (non-hydrogen) atoms. The number of aliphatic hydroxyl groups is 4. The predicted molar refractivity (Wildman–Crippen MR) is 138 cm³/mol. The summed E-state index contributed by atoms with van der Waals surface area (Å²) >= 11 is 0. The Morgan fingerprint density at radius 3 is 2.43 bits per heavy atom. The maximum absolute atomic E-state index is 13.5. The summed E-state index contributed by atoms with van der Waals surface area (Å²) in [7, 11) is 0. The highest BCUT2D eigenvalue weighted by molar-refractivity contribution is 6.22. The molecule has 1 saturated heterocycles. The number of benzene rings is 1. The average molecular weight is 510 g/mol. The Morgan fingerprint density at radius 1 is 1.05 bits per heavy atom. The summed E-state index contributed by atoms with van der Waals surface area (Å²) < 4.78 is 5.58. The van der Waals surface area contributed by atoms with Crippen molar-refractivity contribution in [2.24, 2.45) is 17.8 Å². The summed E-state index contributed by atoms with van der Waals surface area (Å²) in [5.74, 6) is -1.85. The van der Waals surface area contributed by atoms with Gasteiger partial charge in [-0.2, -0.15) is 0 Å². The van der Waals surface area contributed by atoms with Gasteiger partial charge in [0, 0.05) is 5.92 Å². The molecule has 8 nitrogen and oxygen atoms in total. The number of nitrogens with zero attached hydrogens (tertiary/aromatic N) is 1. The lowest BCUT2D eigenvalue weighted by Crippen LogP contribution is -2.39. The van der Waals surface area contributed by atoms with Crippen LogP contribution in [0.2, 0.25) is 0 Å². The zero-order chi connectivity index (χ0) is 26.5. The zero-order valence-corrected chi connectivity index (χ0v) is 21.0. The van der Waals surface area contributed by atoms with Crippen LogP contribution >= 0.6 is 0 Å². The Labute approximate surface area is 216 Å². The van der Waals surface area contributed by atoms with Gasteiger partial charge >= 0.3 is 0 Å². The van der Waals surface area contributed by atoms with Gasteiger partial charge in [-0.25, -0.2) is 0 Å². The van der Waals surface area contributed by atoms with Crippen molar-refractivity contribution in [3.8, 4) is 0 Å². The van der Waals surface area contributed by atoms with Crippen LogP contribution in [0, 0.1) is 17.8 Å². The number of anilines is 1. The van der Waals surface area contributed by atoms with Crippen LogP contribution in [-0.2, 0) is 16.2 Å². The molecule has 0 saturated carbocycles. The number of amides is 2. The number of fused-ring (bicyclic) bond motifs is 1. The Kier molecular flexibility index (Phi) is 8.76. The molecule has 1 aliphatic carbocycles. The third-order valence-electron chi connectivity index (χ3n) is 7.44. The van der Waals surface area contributed by atoms with Gasteiger partial charge in [0.05, 0.1) is 36.8 Å². The van der Waals surface area contributed by atoms with E-state index in [1.165, 1.54) is 4.90 Å². The minimum atomic E-state index is -0.987. The smallest absolute Gasteiger partial charge is 0.238 e. The molecule has 2 amide bonds. The van der Waals surface area contributed by atoms with Gasteiger partial charge in [-0.1, -0.05) is 37.1 Å². The third-order valence-corrected chi connectivity index (χ3v) is 7.44. The van der Waals surface area contributed by atoms with Crippen LogP contribution < -0.4 is 4.90 Å². The van der Waals surface area contributed by atoms with Gasteiger partial charge in [0.15, 0.2) is 0 Å². The van der Waals surface area contributed by atoms with Crippen LogP contribution in [0.4, 0.5) is 5.69 Å². The fourth-order valence-corrected chi connectivity index (χ4v) is 5.76. The molecule has 1 aliphatic heterocycles. The van der Waals surface area contributed by atoms with Gasteiger partial charge < -0.3 is 24.8 Å². The summed E-state index contributed by atoms with van der Waals surface area (Å²) in [5, 5.41) is 41.0. The highest BCUT2D eigenvalue weighted by Crippen LogP contribution is 2.47. The fraction of sp³-hybridized carbons (Fsp3) is 0.448. The molecule has 2 aromatic rings. The first-order chi connectivity index (χ1) is 17.9. The molecule has 0 spiro atoms. The van der Waals surface area contributed by atoms with Gasteiger partial charge in [0.25, 0.3) is 0 Å². The number of imide groups is 1. The first kappa shape index (κ1) is 27.0. The summed E-state index contributed by atoms with van der Waals surface area (Å²) in [6.07, 6.45) is 3.66. The van der Waals surface area contributed by atoms with Crippen LogP contribution in [0.15, 0.2) is 63.6 Å². The van der Waals surface area contributed by atoms with Crippen molar-refractivity contribution in [3.05, 3.63) is 70.7 Å². The molecular weight excluding hydrogens is 474 g/mol. The molecule has 0 radical (unpaired) electrons. The maximum Gasteiger partial charge on any atom is 0.238 e. The molecule has 1 aromatic carbocycles. The number of allylic oxidation sites excluding steroid dienone is 1. The van der Waals surface area contributed by atoms with Gasteiger partial charge in [0.1, 0.15) is 18.1 Å². The lowest BCUT2D eigenvalue weighted by atomic mass is 9.68. The van der Waals surface area contributed by atoms with Crippen LogP contribution in [0.1, 0.15) is 50.5 Å². The third kappa shape index (κ3) is 5.48. The first-order valence-electron chi connectivity index (χ1n) is 12.9. The Morgan fingerprint density at radius 2 is 1.81 bits per heavy atom. The predicted octanol–water partition coefficient (Wildman–Crippen LogP) is 3.20. The average Bonchev–Trinajstić information content (AvgIpc) is 3.47. The number of para-hydroxylation sites is 1. The molecule has 4 atom stereocenters. The minimum absolute atomic E-state index is 0.173. The number of carbonyl (C=O) groups is 2. The van der Waals surface area contributed by atoms with Gasteiger partial charge in [-0.3, -0.25) is 14.5 Å². The molecule has 4 N–H and O–H groups in total. The molecule has 0 unspecified atom stereocenters. The van der Waals surface area contributed by atoms with E-state index in [1.54, 1.807) is 42.5 Å². The lowest BCUT2D eigenvalue weighted by molar-refractivity contribution is -0.123. The molecule has 2 aliphatic rings. The molecule has 1 fully saturated rings. The van der Waals surface area contributed by atoms with Gasteiger partial charge in [-0.15, -0.1) is 0 Å². The fourth-order valence-electron chi connectivity index (χ4n) is 5.76. The normalized spacial score (nSPS) is 23.1. The van der Waals surface area contributed by atoms with E-state index in [2.05, 4.69) is 6.92 Å². The van der Waals surface area contributed by atoms with Crippen molar-refractivity contribution < 1.29 is 34.4 Å². The summed E-state index contributed by atoms with van der Waals surface area (Å²) in [4.78, 5) is 27.9. The zero-order valence-electron chi connectivity index (χ0n) is 21.0. The Bertz CT molecular complexity index is 1170. The number of rotatable bonds is 11. The van der Waals surface area contributed by atoms with Crippen LogP contribution in [-0.4, -0.2) is 51.6 Å². The second-order valence-electron chi connectivity index (χ2n) is 9.76. The monoisotopic (exact) mass is 509 g/mol. The topological polar surface area (TPSA) is 131 Å². The molecule has 4 rings (SSSR count). The molecule has 2 heterocycles. The van der Waals surface area contributed by atoms with E-state index in [9.17, 15) is 30.0 Å². The van der Waals surface area contributed by atoms with Gasteiger partial charge in [0.2, 0.25) is 11.8 Å². The van der Waals surface area contributed by atoms with E-state index in [0.29, 0.717) is 41.2 Å². The molecule has 8 heteroatoms. The number of aliphatic hydroxyl groups excluding tert-OH is 4. The van der Waals surface area contributed by atoms with Crippen molar-refractivity contribution in [2.45, 2.75) is 51.7 Å². The van der Waals surface area contributed by atoms with Gasteiger partial charge in [-0.05, 0) is 67.2 Å². The van der Waals surface area contributed by atoms with E-state index in [4.69, 9.17) is 4.42 Å². The molecular formula is C29H35NO7. The van der Waals surface area contributed by atoms with Crippen molar-refractivity contribution in [1.82, 2.24) is 0 Å². The first-order valence-corrected chi connectivity index (χ1v) is 12.9. The second-order valence-corrected chi connectivity index (χ2v) is 9.76. The largest absolute Gasteiger partial charge is 0.459 e. The van der Waals surface area contributed by atoms with Crippen LogP contribution in [0.3, 0.4) is 0 Å². The van der Waals surface area contributed by atoms with Crippen molar-refractivity contribution >= 4 is 23.6 Å². The number of hydrogen-bond donors (Lipinski definition) is 4. The number of furan rings is 1. The summed E-state index contributed by atoms with van der Waals surface area (Å²) in [6, 6.07) is 12.2. The van der Waals surface area contributed by atoms with E-state index in [-0.39, 0.29) is 31.4 Å². The maximum atomic E-state index is 13.5. The molecule has 198 valence electrons. The minimum Gasteiger partial charge on any atom is -0.459 e.